The molecule has 1 atom stereocenters. The number of aryl methyl sites for hydroxylation is 1. The molecule has 1 aliphatic rings. The Balaban J connectivity index is 1.59. The van der Waals surface area contributed by atoms with Gasteiger partial charge in [0.25, 0.3) is 0 Å². The van der Waals surface area contributed by atoms with E-state index in [4.69, 9.17) is 9.47 Å². The van der Waals surface area contributed by atoms with Crippen LogP contribution in [0.5, 0.6) is 11.5 Å². The zero-order valence-electron chi connectivity index (χ0n) is 17.1. The van der Waals surface area contributed by atoms with Gasteiger partial charge in [-0.25, -0.2) is 0 Å². The predicted molar refractivity (Wildman–Crippen MR) is 110 cm³/mol. The number of aromatic nitrogens is 1. The number of ether oxygens (including phenoxy) is 2. The van der Waals surface area contributed by atoms with Gasteiger partial charge in [0.05, 0.1) is 26.0 Å². The smallest absolute Gasteiger partial charge is 0.124 e. The van der Waals surface area contributed by atoms with Gasteiger partial charge >= 0.3 is 0 Å². The standard InChI is InChI=1S/C22H31N3O3/c1-17-6-4-9-23-20(17)15-24-10-5-11-25(13-12-24)16-21(26)19-14-18(27-2)7-8-22(19)28-3/h4,6-9,14,21,26H,5,10-13,15-16H2,1-3H3/t21-/m1/s1. The SMILES string of the molecule is COc1ccc(OC)c([C@H](O)CN2CCCN(Cc3ncccc3C)CC2)c1. The molecule has 0 amide bonds. The second-order valence-electron chi connectivity index (χ2n) is 7.32. The molecule has 0 radical (unpaired) electrons. The van der Waals surface area contributed by atoms with Crippen LogP contribution in [0.4, 0.5) is 0 Å². The summed E-state index contributed by atoms with van der Waals surface area (Å²) in [5.74, 6) is 1.41. The lowest BCUT2D eigenvalue weighted by molar-refractivity contribution is 0.112. The summed E-state index contributed by atoms with van der Waals surface area (Å²) in [6.07, 6.45) is 2.33. The Labute approximate surface area is 167 Å². The first-order chi connectivity index (χ1) is 13.6. The van der Waals surface area contributed by atoms with Crippen molar-refractivity contribution in [3.05, 3.63) is 53.3 Å². The minimum absolute atomic E-state index is 0.583. The summed E-state index contributed by atoms with van der Waals surface area (Å²) in [4.78, 5) is 9.30. The monoisotopic (exact) mass is 385 g/mol. The molecule has 152 valence electrons. The highest BCUT2D eigenvalue weighted by atomic mass is 16.5. The lowest BCUT2D eigenvalue weighted by Crippen LogP contribution is -2.33. The molecule has 1 N–H and O–H groups in total. The summed E-state index contributed by atoms with van der Waals surface area (Å²) < 4.78 is 10.7. The molecular formula is C22H31N3O3. The molecule has 1 aliphatic heterocycles. The van der Waals surface area contributed by atoms with Gasteiger partial charge in [0.1, 0.15) is 11.5 Å². The Kier molecular flexibility index (Phi) is 7.25. The van der Waals surface area contributed by atoms with Crippen molar-refractivity contribution in [3.8, 4) is 11.5 Å². The van der Waals surface area contributed by atoms with Crippen LogP contribution in [0.3, 0.4) is 0 Å². The molecule has 6 heteroatoms. The molecule has 1 saturated heterocycles. The van der Waals surface area contributed by atoms with E-state index >= 15 is 0 Å². The van der Waals surface area contributed by atoms with Crippen molar-refractivity contribution in [2.24, 2.45) is 0 Å². The summed E-state index contributed by atoms with van der Waals surface area (Å²) in [5, 5.41) is 10.8. The van der Waals surface area contributed by atoms with E-state index in [0.717, 1.165) is 56.2 Å². The zero-order chi connectivity index (χ0) is 19.9. The molecular weight excluding hydrogens is 354 g/mol. The normalized spacial score (nSPS) is 17.1. The van der Waals surface area contributed by atoms with Crippen LogP contribution < -0.4 is 9.47 Å². The van der Waals surface area contributed by atoms with E-state index in [1.165, 1.54) is 5.56 Å². The van der Waals surface area contributed by atoms with Crippen LogP contribution in [0.25, 0.3) is 0 Å². The minimum atomic E-state index is -0.616. The van der Waals surface area contributed by atoms with Crippen molar-refractivity contribution in [1.29, 1.82) is 0 Å². The van der Waals surface area contributed by atoms with E-state index in [2.05, 4.69) is 27.8 Å². The molecule has 3 rings (SSSR count). The first kappa shape index (κ1) is 20.6. The van der Waals surface area contributed by atoms with Crippen LogP contribution in [0.2, 0.25) is 0 Å². The number of aliphatic hydroxyl groups is 1. The molecule has 0 saturated carbocycles. The molecule has 6 nitrogen and oxygen atoms in total. The van der Waals surface area contributed by atoms with Crippen LogP contribution >= 0.6 is 0 Å². The maximum atomic E-state index is 10.8. The average molecular weight is 386 g/mol. The lowest BCUT2D eigenvalue weighted by atomic mass is 10.1. The number of nitrogens with zero attached hydrogens (tertiary/aromatic N) is 3. The highest BCUT2D eigenvalue weighted by Crippen LogP contribution is 2.30. The Morgan fingerprint density at radius 2 is 1.86 bits per heavy atom. The van der Waals surface area contributed by atoms with E-state index < -0.39 is 6.10 Å². The summed E-state index contributed by atoms with van der Waals surface area (Å²) in [5.41, 5.74) is 3.16. The van der Waals surface area contributed by atoms with E-state index in [-0.39, 0.29) is 0 Å². The summed E-state index contributed by atoms with van der Waals surface area (Å²) in [6, 6.07) is 9.65. The molecule has 0 spiro atoms. The molecule has 0 aliphatic carbocycles. The van der Waals surface area contributed by atoms with Crippen molar-refractivity contribution in [3.63, 3.8) is 0 Å². The number of β-amino-alcohol motifs (C(OH)–C–C–N with tert-alkyl or cyclic N) is 1. The summed E-state index contributed by atoms with van der Waals surface area (Å²) in [6.45, 7) is 7.50. The minimum Gasteiger partial charge on any atom is -0.497 e. The number of pyridine rings is 1. The number of methoxy groups -OCH3 is 2. The second kappa shape index (κ2) is 9.87. The summed E-state index contributed by atoms with van der Waals surface area (Å²) in [7, 11) is 3.26. The van der Waals surface area contributed by atoms with E-state index in [0.29, 0.717) is 12.3 Å². The number of benzene rings is 1. The maximum Gasteiger partial charge on any atom is 0.124 e. The van der Waals surface area contributed by atoms with Gasteiger partial charge in [-0.1, -0.05) is 6.07 Å². The van der Waals surface area contributed by atoms with Crippen molar-refractivity contribution >= 4 is 0 Å². The van der Waals surface area contributed by atoms with E-state index in [1.807, 2.05) is 30.5 Å². The largest absolute Gasteiger partial charge is 0.497 e. The second-order valence-corrected chi connectivity index (χ2v) is 7.32. The quantitative estimate of drug-likeness (QED) is 0.791. The van der Waals surface area contributed by atoms with Gasteiger partial charge in [-0.2, -0.15) is 0 Å². The van der Waals surface area contributed by atoms with Gasteiger partial charge in [-0.15, -0.1) is 0 Å². The van der Waals surface area contributed by atoms with Crippen LogP contribution in [0.15, 0.2) is 36.5 Å². The topological polar surface area (TPSA) is 58.1 Å². The molecule has 1 aromatic heterocycles. The van der Waals surface area contributed by atoms with Gasteiger partial charge in [0.15, 0.2) is 0 Å². The van der Waals surface area contributed by atoms with Gasteiger partial charge in [0, 0.05) is 37.9 Å². The predicted octanol–water partition coefficient (Wildman–Crippen LogP) is 2.65. The first-order valence-corrected chi connectivity index (χ1v) is 9.86. The van der Waals surface area contributed by atoms with Gasteiger partial charge in [-0.3, -0.25) is 14.8 Å². The van der Waals surface area contributed by atoms with Crippen LogP contribution in [0.1, 0.15) is 29.3 Å². The first-order valence-electron chi connectivity index (χ1n) is 9.86. The van der Waals surface area contributed by atoms with Crippen molar-refractivity contribution in [2.75, 3.05) is 46.9 Å². The molecule has 0 bridgehead atoms. The highest BCUT2D eigenvalue weighted by Gasteiger charge is 2.21. The van der Waals surface area contributed by atoms with E-state index in [1.54, 1.807) is 14.2 Å². The maximum absolute atomic E-state index is 10.8. The molecule has 0 unspecified atom stereocenters. The van der Waals surface area contributed by atoms with Crippen molar-refractivity contribution < 1.29 is 14.6 Å². The third kappa shape index (κ3) is 5.22. The lowest BCUT2D eigenvalue weighted by Gasteiger charge is -2.25. The molecule has 1 aromatic carbocycles. The van der Waals surface area contributed by atoms with Gasteiger partial charge < -0.3 is 14.6 Å². The molecule has 2 heterocycles. The van der Waals surface area contributed by atoms with Crippen molar-refractivity contribution in [1.82, 2.24) is 14.8 Å². The Bertz CT molecular complexity index is 768. The number of hydrogen-bond acceptors (Lipinski definition) is 6. The summed E-state index contributed by atoms with van der Waals surface area (Å²) >= 11 is 0. The third-order valence-electron chi connectivity index (χ3n) is 5.40. The molecule has 2 aromatic rings. The fourth-order valence-electron chi connectivity index (χ4n) is 3.70. The van der Waals surface area contributed by atoms with Gasteiger partial charge in [-0.05, 0) is 56.3 Å². The molecule has 28 heavy (non-hydrogen) atoms. The average Bonchev–Trinajstić information content (AvgIpc) is 2.94. The number of rotatable bonds is 7. The Hall–Kier alpha value is -2.15. The van der Waals surface area contributed by atoms with Crippen LogP contribution in [0, 0.1) is 6.92 Å². The van der Waals surface area contributed by atoms with Gasteiger partial charge in [0.2, 0.25) is 0 Å². The van der Waals surface area contributed by atoms with Crippen LogP contribution in [-0.2, 0) is 6.54 Å². The number of hydrogen-bond donors (Lipinski definition) is 1. The van der Waals surface area contributed by atoms with Crippen molar-refractivity contribution in [2.45, 2.75) is 26.0 Å². The Morgan fingerprint density at radius 3 is 2.61 bits per heavy atom. The Morgan fingerprint density at radius 1 is 1.07 bits per heavy atom. The molecule has 1 fully saturated rings. The zero-order valence-corrected chi connectivity index (χ0v) is 17.1. The third-order valence-corrected chi connectivity index (χ3v) is 5.40. The van der Waals surface area contributed by atoms with E-state index in [9.17, 15) is 5.11 Å². The number of aliphatic hydroxyl groups excluding tert-OH is 1. The highest BCUT2D eigenvalue weighted by molar-refractivity contribution is 5.41. The van der Waals surface area contributed by atoms with Crippen LogP contribution in [-0.4, -0.2) is 66.8 Å². The fraction of sp³-hybridized carbons (Fsp3) is 0.500. The fourth-order valence-corrected chi connectivity index (χ4v) is 3.70.